The minimum absolute atomic E-state index is 0.647. The van der Waals surface area contributed by atoms with E-state index in [4.69, 9.17) is 16.6 Å². The number of hydrogen-bond donors (Lipinski definition) is 2. The van der Waals surface area contributed by atoms with E-state index in [1.54, 1.807) is 6.33 Å². The fourth-order valence-electron chi connectivity index (χ4n) is 4.03. The number of para-hydroxylation sites is 3. The summed E-state index contributed by atoms with van der Waals surface area (Å²) < 4.78 is 2.01. The zero-order chi connectivity index (χ0) is 23.9. The number of aryl methyl sites for hydroxylation is 1. The maximum atomic E-state index is 6.48. The summed E-state index contributed by atoms with van der Waals surface area (Å²) in [7, 11) is 0. The predicted octanol–water partition coefficient (Wildman–Crippen LogP) is 6.05. The molecule has 0 saturated heterocycles. The van der Waals surface area contributed by atoms with Crippen LogP contribution in [0.25, 0.3) is 16.9 Å². The lowest BCUT2D eigenvalue weighted by molar-refractivity contribution is 0.298. The van der Waals surface area contributed by atoms with Gasteiger partial charge in [0.2, 0.25) is 5.95 Å². The molecule has 2 aromatic carbocycles. The van der Waals surface area contributed by atoms with Crippen LogP contribution in [-0.2, 0) is 0 Å². The number of imidazole rings is 1. The van der Waals surface area contributed by atoms with Crippen LogP contribution in [0.15, 0.2) is 54.9 Å². The van der Waals surface area contributed by atoms with Crippen LogP contribution in [0.3, 0.4) is 0 Å². The second-order valence-corrected chi connectivity index (χ2v) is 8.65. The minimum atomic E-state index is 0.647. The monoisotopic (exact) mass is 477 g/mol. The van der Waals surface area contributed by atoms with Gasteiger partial charge in [0.15, 0.2) is 0 Å². The number of aromatic nitrogens is 4. The van der Waals surface area contributed by atoms with Gasteiger partial charge in [0, 0.05) is 12.6 Å². The molecule has 0 saturated carbocycles. The molecule has 0 atom stereocenters. The molecule has 34 heavy (non-hydrogen) atoms. The van der Waals surface area contributed by atoms with Gasteiger partial charge in [-0.2, -0.15) is 0 Å². The van der Waals surface area contributed by atoms with Crippen molar-refractivity contribution in [3.8, 4) is 5.82 Å². The van der Waals surface area contributed by atoms with Crippen molar-refractivity contribution in [2.24, 2.45) is 0 Å². The van der Waals surface area contributed by atoms with E-state index >= 15 is 0 Å². The van der Waals surface area contributed by atoms with Crippen molar-refractivity contribution in [3.05, 3.63) is 65.4 Å². The van der Waals surface area contributed by atoms with Gasteiger partial charge in [-0.1, -0.05) is 49.7 Å². The fraction of sp³-hybridized carbons (Fsp3) is 0.346. The Labute approximate surface area is 206 Å². The van der Waals surface area contributed by atoms with Gasteiger partial charge in [-0.15, -0.1) is 0 Å². The first-order valence-corrected chi connectivity index (χ1v) is 12.3. The molecule has 2 aromatic heterocycles. The molecule has 0 spiro atoms. The van der Waals surface area contributed by atoms with E-state index < -0.39 is 0 Å². The summed E-state index contributed by atoms with van der Waals surface area (Å²) in [6, 6.07) is 15.8. The highest BCUT2D eigenvalue weighted by Gasteiger charge is 2.16. The lowest BCUT2D eigenvalue weighted by Gasteiger charge is -2.17. The highest BCUT2D eigenvalue weighted by Crippen LogP contribution is 2.31. The summed E-state index contributed by atoms with van der Waals surface area (Å²) in [6.07, 6.45) is 3.83. The summed E-state index contributed by atoms with van der Waals surface area (Å²) in [4.78, 5) is 16.3. The number of hydrogen-bond acceptors (Lipinski definition) is 6. The Morgan fingerprint density at radius 3 is 2.62 bits per heavy atom. The van der Waals surface area contributed by atoms with E-state index in [0.29, 0.717) is 11.0 Å². The number of rotatable bonds is 11. The second-order valence-electron chi connectivity index (χ2n) is 8.24. The smallest absolute Gasteiger partial charge is 0.214 e. The Bertz CT molecular complexity index is 1210. The van der Waals surface area contributed by atoms with Gasteiger partial charge in [0.25, 0.3) is 0 Å². The van der Waals surface area contributed by atoms with Crippen molar-refractivity contribution in [3.63, 3.8) is 0 Å². The number of unbranched alkanes of at least 4 members (excludes halogenated alkanes) is 1. The van der Waals surface area contributed by atoms with Crippen molar-refractivity contribution in [2.75, 3.05) is 36.8 Å². The topological polar surface area (TPSA) is 70.9 Å². The molecule has 7 nitrogen and oxygen atoms in total. The fourth-order valence-corrected chi connectivity index (χ4v) is 4.30. The Kier molecular flexibility index (Phi) is 7.98. The van der Waals surface area contributed by atoms with Gasteiger partial charge in [0.05, 0.1) is 21.7 Å². The summed E-state index contributed by atoms with van der Waals surface area (Å²) in [5, 5.41) is 7.53. The second kappa shape index (κ2) is 11.3. The Morgan fingerprint density at radius 2 is 1.82 bits per heavy atom. The lowest BCUT2D eigenvalue weighted by Crippen LogP contribution is -2.24. The third-order valence-electron chi connectivity index (χ3n) is 6.00. The third-order valence-corrected chi connectivity index (χ3v) is 6.32. The maximum Gasteiger partial charge on any atom is 0.214 e. The normalized spacial score (nSPS) is 11.3. The molecule has 2 heterocycles. The van der Waals surface area contributed by atoms with E-state index in [1.165, 1.54) is 0 Å². The van der Waals surface area contributed by atoms with E-state index in [2.05, 4.69) is 39.3 Å². The molecule has 0 amide bonds. The summed E-state index contributed by atoms with van der Waals surface area (Å²) in [5.41, 5.74) is 3.71. The van der Waals surface area contributed by atoms with Crippen LogP contribution in [0.4, 0.5) is 17.5 Å². The van der Waals surface area contributed by atoms with Gasteiger partial charge in [0.1, 0.15) is 18.0 Å². The van der Waals surface area contributed by atoms with Crippen molar-refractivity contribution >= 4 is 40.1 Å². The van der Waals surface area contributed by atoms with Gasteiger partial charge in [-0.05, 0) is 63.2 Å². The van der Waals surface area contributed by atoms with Crippen LogP contribution in [0.1, 0.15) is 32.3 Å². The minimum Gasteiger partial charge on any atom is -0.370 e. The molecule has 0 bridgehead atoms. The number of anilines is 3. The summed E-state index contributed by atoms with van der Waals surface area (Å²) >= 11 is 6.48. The molecule has 0 aliphatic carbocycles. The molecule has 0 aliphatic rings. The number of fused-ring (bicyclic) bond motifs is 1. The summed E-state index contributed by atoms with van der Waals surface area (Å²) in [5.74, 6) is 2.19. The number of nitrogens with zero attached hydrogens (tertiary/aromatic N) is 5. The van der Waals surface area contributed by atoms with Crippen molar-refractivity contribution in [1.82, 2.24) is 24.4 Å². The SMILES string of the molecule is CCN(CC)CCCCNc1cc(-n2c(Nc3c(C)cccc3Cl)nc3ccccc32)ncn1. The highest BCUT2D eigenvalue weighted by atomic mass is 35.5. The molecule has 2 N–H and O–H groups in total. The van der Waals surface area contributed by atoms with Gasteiger partial charge in [-0.25, -0.2) is 15.0 Å². The first kappa shape index (κ1) is 24.0. The van der Waals surface area contributed by atoms with Crippen LogP contribution in [0.2, 0.25) is 5.02 Å². The molecule has 4 rings (SSSR count). The molecule has 0 fully saturated rings. The quantitative estimate of drug-likeness (QED) is 0.256. The zero-order valence-electron chi connectivity index (χ0n) is 20.1. The average Bonchev–Trinajstić information content (AvgIpc) is 3.22. The molecular formula is C26H32ClN7. The molecule has 0 unspecified atom stereocenters. The Hall–Kier alpha value is -3.16. The highest BCUT2D eigenvalue weighted by molar-refractivity contribution is 6.33. The number of nitrogens with one attached hydrogen (secondary N) is 2. The van der Waals surface area contributed by atoms with Crippen LogP contribution in [-0.4, -0.2) is 50.6 Å². The molecule has 8 heteroatoms. The van der Waals surface area contributed by atoms with Crippen molar-refractivity contribution in [1.29, 1.82) is 0 Å². The Morgan fingerprint density at radius 1 is 1.00 bits per heavy atom. The first-order valence-electron chi connectivity index (χ1n) is 11.9. The standard InChI is InChI=1S/C26H32ClN7/c1-4-33(5-2)16-9-8-15-28-23-17-24(30-18-29-23)34-22-14-7-6-13-21(22)31-26(34)32-25-19(3)11-10-12-20(25)27/h6-7,10-14,17-18H,4-5,8-9,15-16H2,1-3H3,(H,31,32)(H,28,29,30). The van der Waals surface area contributed by atoms with Crippen LogP contribution in [0.5, 0.6) is 0 Å². The van der Waals surface area contributed by atoms with Crippen LogP contribution in [0, 0.1) is 6.92 Å². The van der Waals surface area contributed by atoms with Crippen molar-refractivity contribution in [2.45, 2.75) is 33.6 Å². The van der Waals surface area contributed by atoms with E-state index in [1.807, 2.05) is 60.0 Å². The van der Waals surface area contributed by atoms with E-state index in [0.717, 1.165) is 72.9 Å². The molecular weight excluding hydrogens is 446 g/mol. The first-order chi connectivity index (χ1) is 16.6. The van der Waals surface area contributed by atoms with Gasteiger partial charge < -0.3 is 15.5 Å². The van der Waals surface area contributed by atoms with Gasteiger partial charge >= 0.3 is 0 Å². The molecule has 178 valence electrons. The number of benzene rings is 2. The molecule has 0 aliphatic heterocycles. The maximum absolute atomic E-state index is 6.48. The molecule has 0 radical (unpaired) electrons. The van der Waals surface area contributed by atoms with E-state index in [9.17, 15) is 0 Å². The molecule has 4 aromatic rings. The zero-order valence-corrected chi connectivity index (χ0v) is 20.8. The third kappa shape index (κ3) is 5.48. The average molecular weight is 478 g/mol. The Balaban J connectivity index is 1.57. The van der Waals surface area contributed by atoms with Crippen LogP contribution >= 0.6 is 11.6 Å². The van der Waals surface area contributed by atoms with Crippen molar-refractivity contribution < 1.29 is 0 Å². The van der Waals surface area contributed by atoms with E-state index in [-0.39, 0.29) is 0 Å². The largest absolute Gasteiger partial charge is 0.370 e. The summed E-state index contributed by atoms with van der Waals surface area (Å²) in [6.45, 7) is 10.6. The number of halogens is 1. The lowest BCUT2D eigenvalue weighted by atomic mass is 10.2. The van der Waals surface area contributed by atoms with Crippen LogP contribution < -0.4 is 10.6 Å². The van der Waals surface area contributed by atoms with Gasteiger partial charge in [-0.3, -0.25) is 4.57 Å². The predicted molar refractivity (Wildman–Crippen MR) is 142 cm³/mol.